The number of H-pyrrole nitrogens is 1. The largest absolute Gasteiger partial charge is 0.342 e. The maximum absolute atomic E-state index is 4.66. The lowest BCUT2D eigenvalue weighted by Gasteiger charge is -2.01. The van der Waals surface area contributed by atoms with Crippen LogP contribution in [-0.2, 0) is 12.8 Å². The van der Waals surface area contributed by atoms with E-state index < -0.39 is 0 Å². The number of hydrogen-bond acceptors (Lipinski definition) is 1. The van der Waals surface area contributed by atoms with Gasteiger partial charge in [-0.1, -0.05) is 18.6 Å². The van der Waals surface area contributed by atoms with Gasteiger partial charge in [0.2, 0.25) is 0 Å². The molecular formula is C12H14N2. The predicted octanol–water partition coefficient (Wildman–Crippen LogP) is 2.83. The lowest BCUT2D eigenvalue weighted by atomic mass is 10.1. The number of para-hydroxylation sites is 1. The van der Waals surface area contributed by atoms with Crippen molar-refractivity contribution in [3.05, 3.63) is 29.6 Å². The SMILES string of the molecule is c1cc2c3nc([nH]c3c1)CCCCC2. The zero-order chi connectivity index (χ0) is 9.38. The van der Waals surface area contributed by atoms with Gasteiger partial charge in [-0.05, 0) is 30.9 Å². The zero-order valence-electron chi connectivity index (χ0n) is 8.21. The van der Waals surface area contributed by atoms with Gasteiger partial charge in [0.15, 0.2) is 0 Å². The second-order valence-corrected chi connectivity index (χ2v) is 4.06. The molecule has 0 aliphatic carbocycles. The van der Waals surface area contributed by atoms with E-state index in [1.54, 1.807) is 0 Å². The number of aromatic nitrogens is 2. The molecule has 1 N–H and O–H groups in total. The summed E-state index contributed by atoms with van der Waals surface area (Å²) in [4.78, 5) is 8.05. The average molecular weight is 186 g/mol. The van der Waals surface area contributed by atoms with Gasteiger partial charge in [-0.2, -0.15) is 0 Å². The van der Waals surface area contributed by atoms with Gasteiger partial charge in [0, 0.05) is 6.42 Å². The van der Waals surface area contributed by atoms with E-state index in [4.69, 9.17) is 0 Å². The van der Waals surface area contributed by atoms with Crippen molar-refractivity contribution in [2.75, 3.05) is 0 Å². The fourth-order valence-electron chi connectivity index (χ4n) is 2.25. The van der Waals surface area contributed by atoms with Crippen molar-refractivity contribution in [3.63, 3.8) is 0 Å². The van der Waals surface area contributed by atoms with Crippen LogP contribution in [0.3, 0.4) is 0 Å². The second-order valence-electron chi connectivity index (χ2n) is 4.06. The quantitative estimate of drug-likeness (QED) is 0.673. The molecule has 0 spiro atoms. The van der Waals surface area contributed by atoms with E-state index in [9.17, 15) is 0 Å². The number of nitrogens with zero attached hydrogens (tertiary/aromatic N) is 1. The lowest BCUT2D eigenvalue weighted by Crippen LogP contribution is -1.89. The maximum Gasteiger partial charge on any atom is 0.107 e. The monoisotopic (exact) mass is 186 g/mol. The summed E-state index contributed by atoms with van der Waals surface area (Å²) in [5, 5.41) is 0. The smallest absolute Gasteiger partial charge is 0.107 e. The Bertz CT molecular complexity index is 456. The van der Waals surface area contributed by atoms with Crippen molar-refractivity contribution >= 4 is 11.0 Å². The Hall–Kier alpha value is -1.31. The second kappa shape index (κ2) is 3.12. The van der Waals surface area contributed by atoms with Crippen molar-refractivity contribution in [3.8, 4) is 0 Å². The molecule has 2 heteroatoms. The molecule has 2 heterocycles. The lowest BCUT2D eigenvalue weighted by molar-refractivity contribution is 0.672. The molecule has 1 aliphatic heterocycles. The molecular weight excluding hydrogens is 172 g/mol. The van der Waals surface area contributed by atoms with Gasteiger partial charge in [0.1, 0.15) is 5.82 Å². The predicted molar refractivity (Wildman–Crippen MR) is 57.4 cm³/mol. The van der Waals surface area contributed by atoms with Crippen LogP contribution in [0.15, 0.2) is 18.2 Å². The first kappa shape index (κ1) is 8.04. The third kappa shape index (κ3) is 1.22. The fourth-order valence-corrected chi connectivity index (χ4v) is 2.25. The highest BCUT2D eigenvalue weighted by Crippen LogP contribution is 2.21. The molecule has 0 fully saturated rings. The van der Waals surface area contributed by atoms with E-state index >= 15 is 0 Å². The van der Waals surface area contributed by atoms with Crippen molar-refractivity contribution in [1.29, 1.82) is 0 Å². The van der Waals surface area contributed by atoms with Crippen molar-refractivity contribution in [2.45, 2.75) is 32.1 Å². The van der Waals surface area contributed by atoms with Crippen LogP contribution in [0.5, 0.6) is 0 Å². The molecule has 3 rings (SSSR count). The molecule has 0 saturated carbocycles. The Balaban J connectivity index is 2.24. The van der Waals surface area contributed by atoms with Crippen molar-refractivity contribution < 1.29 is 0 Å². The summed E-state index contributed by atoms with van der Waals surface area (Å²) in [5.74, 6) is 1.16. The summed E-state index contributed by atoms with van der Waals surface area (Å²) in [6, 6.07) is 6.45. The van der Waals surface area contributed by atoms with Gasteiger partial charge in [0.05, 0.1) is 11.0 Å². The Morgan fingerprint density at radius 2 is 2.00 bits per heavy atom. The first-order valence-corrected chi connectivity index (χ1v) is 5.40. The van der Waals surface area contributed by atoms with Crippen LogP contribution >= 0.6 is 0 Å². The molecule has 2 aromatic rings. The van der Waals surface area contributed by atoms with Crippen molar-refractivity contribution in [2.24, 2.45) is 0 Å². The number of aromatic amines is 1. The molecule has 0 saturated heterocycles. The minimum atomic E-state index is 1.11. The number of aryl methyl sites for hydroxylation is 2. The van der Waals surface area contributed by atoms with Crippen LogP contribution in [0.2, 0.25) is 0 Å². The molecule has 2 bridgehead atoms. The molecule has 14 heavy (non-hydrogen) atoms. The van der Waals surface area contributed by atoms with Crippen molar-refractivity contribution in [1.82, 2.24) is 9.97 Å². The maximum atomic E-state index is 4.66. The van der Waals surface area contributed by atoms with Gasteiger partial charge in [-0.15, -0.1) is 0 Å². The third-order valence-corrected chi connectivity index (χ3v) is 3.01. The van der Waals surface area contributed by atoms with Gasteiger partial charge in [0.25, 0.3) is 0 Å². The van der Waals surface area contributed by atoms with Crippen LogP contribution in [0.25, 0.3) is 11.0 Å². The molecule has 72 valence electrons. The molecule has 1 aromatic heterocycles. The molecule has 1 aromatic carbocycles. The van der Waals surface area contributed by atoms with Gasteiger partial charge in [-0.25, -0.2) is 4.98 Å². The molecule has 1 aliphatic rings. The fraction of sp³-hybridized carbons (Fsp3) is 0.417. The van der Waals surface area contributed by atoms with E-state index in [1.165, 1.54) is 42.3 Å². The summed E-state index contributed by atoms with van der Waals surface area (Å²) in [6.07, 6.45) is 6.18. The Kier molecular flexibility index (Phi) is 1.79. The summed E-state index contributed by atoms with van der Waals surface area (Å²) in [6.45, 7) is 0. The number of rotatable bonds is 0. The van der Waals surface area contributed by atoms with E-state index in [0.717, 1.165) is 12.2 Å². The molecule has 0 radical (unpaired) electrons. The minimum Gasteiger partial charge on any atom is -0.342 e. The number of imidazole rings is 1. The van der Waals surface area contributed by atoms with E-state index in [0.29, 0.717) is 0 Å². The minimum absolute atomic E-state index is 1.11. The van der Waals surface area contributed by atoms with E-state index in [-0.39, 0.29) is 0 Å². The highest BCUT2D eigenvalue weighted by Gasteiger charge is 2.09. The normalized spacial score (nSPS) is 16.6. The molecule has 2 nitrogen and oxygen atoms in total. The summed E-state index contributed by atoms with van der Waals surface area (Å²) in [5.41, 5.74) is 3.82. The summed E-state index contributed by atoms with van der Waals surface area (Å²) < 4.78 is 0. The van der Waals surface area contributed by atoms with Gasteiger partial charge in [-0.3, -0.25) is 0 Å². The highest BCUT2D eigenvalue weighted by molar-refractivity contribution is 5.78. The Morgan fingerprint density at radius 1 is 1.07 bits per heavy atom. The number of fused-ring (bicyclic) bond motifs is 1. The number of hydrogen-bond donors (Lipinski definition) is 1. The standard InChI is InChI=1S/C12H14N2/c1-2-5-9-6-4-7-10-12(9)14-11(13-10)8-3-1/h4,6-7H,1-3,5,8H2,(H,13,14). The topological polar surface area (TPSA) is 28.7 Å². The first-order valence-electron chi connectivity index (χ1n) is 5.40. The summed E-state index contributed by atoms with van der Waals surface area (Å²) >= 11 is 0. The van der Waals surface area contributed by atoms with E-state index in [1.807, 2.05) is 0 Å². The van der Waals surface area contributed by atoms with Gasteiger partial charge < -0.3 is 4.98 Å². The zero-order valence-corrected chi connectivity index (χ0v) is 8.21. The average Bonchev–Trinajstić information content (AvgIpc) is 2.62. The van der Waals surface area contributed by atoms with E-state index in [2.05, 4.69) is 28.2 Å². The van der Waals surface area contributed by atoms with Crippen LogP contribution in [0.1, 0.15) is 30.7 Å². The number of nitrogens with one attached hydrogen (secondary N) is 1. The molecule has 0 amide bonds. The Labute approximate surface area is 83.4 Å². The summed E-state index contributed by atoms with van der Waals surface area (Å²) in [7, 11) is 0. The first-order chi connectivity index (χ1) is 6.93. The van der Waals surface area contributed by atoms with Crippen LogP contribution in [0.4, 0.5) is 0 Å². The highest BCUT2D eigenvalue weighted by atomic mass is 14.9. The Morgan fingerprint density at radius 3 is 3.00 bits per heavy atom. The van der Waals surface area contributed by atoms with Crippen LogP contribution < -0.4 is 0 Å². The molecule has 0 unspecified atom stereocenters. The number of benzene rings is 1. The third-order valence-electron chi connectivity index (χ3n) is 3.01. The molecule has 0 atom stereocenters. The van der Waals surface area contributed by atoms with Crippen LogP contribution in [0, 0.1) is 0 Å². The van der Waals surface area contributed by atoms with Gasteiger partial charge >= 0.3 is 0 Å². The van der Waals surface area contributed by atoms with Crippen LogP contribution in [-0.4, -0.2) is 9.97 Å².